The van der Waals surface area contributed by atoms with Crippen molar-refractivity contribution < 1.29 is 14.3 Å². The molecule has 0 unspecified atom stereocenters. The molecule has 1 heterocycles. The molecule has 0 radical (unpaired) electrons. The zero-order chi connectivity index (χ0) is 15.1. The lowest BCUT2D eigenvalue weighted by Crippen LogP contribution is -2.38. The molecule has 1 N–H and O–H groups in total. The molecule has 6 heteroatoms. The molecule has 1 fully saturated rings. The van der Waals surface area contributed by atoms with Gasteiger partial charge in [0.2, 0.25) is 11.8 Å². The van der Waals surface area contributed by atoms with E-state index in [0.29, 0.717) is 10.7 Å². The summed E-state index contributed by atoms with van der Waals surface area (Å²) in [6, 6.07) is 6.80. The van der Waals surface area contributed by atoms with E-state index in [9.17, 15) is 9.59 Å². The molecule has 0 aromatic heterocycles. The van der Waals surface area contributed by atoms with Crippen molar-refractivity contribution in [3.8, 4) is 0 Å². The van der Waals surface area contributed by atoms with Gasteiger partial charge in [0.25, 0.3) is 0 Å². The third-order valence-corrected chi connectivity index (χ3v) is 3.55. The van der Waals surface area contributed by atoms with Crippen LogP contribution in [-0.2, 0) is 14.3 Å². The van der Waals surface area contributed by atoms with Crippen molar-refractivity contribution >= 4 is 29.1 Å². The van der Waals surface area contributed by atoms with Crippen molar-refractivity contribution in [2.24, 2.45) is 0 Å². The summed E-state index contributed by atoms with van der Waals surface area (Å²) in [5.41, 5.74) is 0.648. The third-order valence-electron chi connectivity index (χ3n) is 3.30. The fourth-order valence-electron chi connectivity index (χ4n) is 2.20. The Morgan fingerprint density at radius 2 is 1.76 bits per heavy atom. The van der Waals surface area contributed by atoms with Crippen LogP contribution in [0, 0.1) is 0 Å². The van der Waals surface area contributed by atoms with Gasteiger partial charge < -0.3 is 15.0 Å². The summed E-state index contributed by atoms with van der Waals surface area (Å²) in [4.78, 5) is 25.3. The number of likely N-dealkylation sites (tertiary alicyclic amines) is 1. The quantitative estimate of drug-likeness (QED) is 0.908. The van der Waals surface area contributed by atoms with Crippen LogP contribution in [0.2, 0.25) is 5.02 Å². The van der Waals surface area contributed by atoms with Crippen molar-refractivity contribution in [2.45, 2.75) is 19.3 Å². The van der Waals surface area contributed by atoms with Gasteiger partial charge in [-0.15, -0.1) is 0 Å². The summed E-state index contributed by atoms with van der Waals surface area (Å²) in [5, 5.41) is 3.28. The zero-order valence-corrected chi connectivity index (χ0v) is 12.6. The van der Waals surface area contributed by atoms with E-state index in [-0.39, 0.29) is 25.0 Å². The molecule has 0 saturated carbocycles. The number of carbonyl (C=O) groups excluding carboxylic acids is 2. The minimum atomic E-state index is -0.288. The molecule has 1 aromatic rings. The third kappa shape index (κ3) is 5.36. The molecule has 1 aliphatic heterocycles. The van der Waals surface area contributed by atoms with Crippen molar-refractivity contribution in [3.05, 3.63) is 29.3 Å². The van der Waals surface area contributed by atoms with Crippen molar-refractivity contribution in [1.82, 2.24) is 4.90 Å². The Kier molecular flexibility index (Phi) is 6.02. The number of amides is 2. The number of carbonyl (C=O) groups is 2. The molecule has 1 aliphatic rings. The van der Waals surface area contributed by atoms with E-state index in [1.807, 2.05) is 0 Å². The normalized spacial score (nSPS) is 14.8. The smallest absolute Gasteiger partial charge is 0.250 e. The average Bonchev–Trinajstić information content (AvgIpc) is 2.50. The van der Waals surface area contributed by atoms with Crippen LogP contribution >= 0.6 is 11.6 Å². The van der Waals surface area contributed by atoms with Gasteiger partial charge in [-0.25, -0.2) is 0 Å². The molecular formula is C15H19ClN2O3. The molecular weight excluding hydrogens is 292 g/mol. The van der Waals surface area contributed by atoms with E-state index in [4.69, 9.17) is 16.3 Å². The van der Waals surface area contributed by atoms with Crippen LogP contribution in [0.25, 0.3) is 0 Å². The molecule has 21 heavy (non-hydrogen) atoms. The number of hydrogen-bond donors (Lipinski definition) is 1. The predicted molar refractivity (Wildman–Crippen MR) is 81.3 cm³/mol. The standard InChI is InChI=1S/C15H19ClN2O3/c16-12-4-6-13(7-5-12)17-14(19)10-21-11-15(20)18-8-2-1-3-9-18/h4-7H,1-3,8-11H2,(H,17,19). The Hall–Kier alpha value is -1.59. The van der Waals surface area contributed by atoms with Gasteiger partial charge in [-0.2, -0.15) is 0 Å². The van der Waals surface area contributed by atoms with Crippen LogP contribution in [0.15, 0.2) is 24.3 Å². The molecule has 1 aromatic carbocycles. The van der Waals surface area contributed by atoms with Crippen molar-refractivity contribution in [2.75, 3.05) is 31.6 Å². The fraction of sp³-hybridized carbons (Fsp3) is 0.467. The molecule has 0 spiro atoms. The van der Waals surface area contributed by atoms with Gasteiger partial charge in [-0.05, 0) is 43.5 Å². The monoisotopic (exact) mass is 310 g/mol. The summed E-state index contributed by atoms with van der Waals surface area (Å²) in [6.07, 6.45) is 3.26. The highest BCUT2D eigenvalue weighted by molar-refractivity contribution is 6.30. The Labute approximate surface area is 129 Å². The first-order valence-corrected chi connectivity index (χ1v) is 7.44. The molecule has 114 valence electrons. The van der Waals surface area contributed by atoms with Gasteiger partial charge in [0, 0.05) is 23.8 Å². The largest absolute Gasteiger partial charge is 0.362 e. The van der Waals surface area contributed by atoms with E-state index < -0.39 is 0 Å². The number of halogens is 1. The number of ether oxygens (including phenoxy) is 1. The Morgan fingerprint density at radius 3 is 2.43 bits per heavy atom. The Bertz CT molecular complexity index is 484. The van der Waals surface area contributed by atoms with Crippen LogP contribution in [0.4, 0.5) is 5.69 Å². The molecule has 1 saturated heterocycles. The molecule has 2 amide bonds. The number of nitrogens with zero attached hydrogens (tertiary/aromatic N) is 1. The minimum Gasteiger partial charge on any atom is -0.362 e. The van der Waals surface area contributed by atoms with Crippen LogP contribution in [0.3, 0.4) is 0 Å². The van der Waals surface area contributed by atoms with Gasteiger partial charge in [-0.1, -0.05) is 11.6 Å². The number of hydrogen-bond acceptors (Lipinski definition) is 3. The number of rotatable bonds is 5. The first-order chi connectivity index (χ1) is 10.1. The van der Waals surface area contributed by atoms with Gasteiger partial charge in [0.1, 0.15) is 13.2 Å². The first-order valence-electron chi connectivity index (χ1n) is 7.06. The highest BCUT2D eigenvalue weighted by atomic mass is 35.5. The van der Waals surface area contributed by atoms with Crippen molar-refractivity contribution in [1.29, 1.82) is 0 Å². The maximum absolute atomic E-state index is 11.8. The molecule has 0 bridgehead atoms. The van der Waals surface area contributed by atoms with E-state index in [1.165, 1.54) is 6.42 Å². The van der Waals surface area contributed by atoms with Crippen LogP contribution in [-0.4, -0.2) is 43.0 Å². The fourth-order valence-corrected chi connectivity index (χ4v) is 2.32. The maximum Gasteiger partial charge on any atom is 0.250 e. The zero-order valence-electron chi connectivity index (χ0n) is 11.8. The van der Waals surface area contributed by atoms with Gasteiger partial charge in [-0.3, -0.25) is 9.59 Å². The topological polar surface area (TPSA) is 58.6 Å². The van der Waals surface area contributed by atoms with Gasteiger partial charge in [0.05, 0.1) is 0 Å². The number of piperidine rings is 1. The van der Waals surface area contributed by atoms with Crippen LogP contribution in [0.5, 0.6) is 0 Å². The molecule has 5 nitrogen and oxygen atoms in total. The second kappa shape index (κ2) is 8.00. The molecule has 2 rings (SSSR count). The lowest BCUT2D eigenvalue weighted by atomic mass is 10.1. The second-order valence-electron chi connectivity index (χ2n) is 4.99. The summed E-state index contributed by atoms with van der Waals surface area (Å²) in [6.45, 7) is 1.40. The van der Waals surface area contributed by atoms with E-state index in [2.05, 4.69) is 5.32 Å². The lowest BCUT2D eigenvalue weighted by Gasteiger charge is -2.26. The predicted octanol–water partition coefficient (Wildman–Crippen LogP) is 2.31. The highest BCUT2D eigenvalue weighted by Crippen LogP contribution is 2.13. The van der Waals surface area contributed by atoms with Gasteiger partial charge in [0.15, 0.2) is 0 Å². The summed E-state index contributed by atoms with van der Waals surface area (Å²) in [5.74, 6) is -0.335. The Morgan fingerprint density at radius 1 is 1.10 bits per heavy atom. The van der Waals surface area contributed by atoms with Crippen molar-refractivity contribution in [3.63, 3.8) is 0 Å². The van der Waals surface area contributed by atoms with E-state index in [1.54, 1.807) is 29.2 Å². The van der Waals surface area contributed by atoms with E-state index >= 15 is 0 Å². The lowest BCUT2D eigenvalue weighted by molar-refractivity contribution is -0.138. The maximum atomic E-state index is 11.8. The van der Waals surface area contributed by atoms with Crippen LogP contribution < -0.4 is 5.32 Å². The summed E-state index contributed by atoms with van der Waals surface area (Å²) >= 11 is 5.76. The molecule has 0 aliphatic carbocycles. The number of anilines is 1. The second-order valence-corrected chi connectivity index (χ2v) is 5.43. The average molecular weight is 311 g/mol. The first kappa shape index (κ1) is 15.8. The summed E-state index contributed by atoms with van der Waals surface area (Å²) in [7, 11) is 0. The summed E-state index contributed by atoms with van der Waals surface area (Å²) < 4.78 is 5.18. The SMILES string of the molecule is O=C(COCC(=O)N1CCCCC1)Nc1ccc(Cl)cc1. The number of benzene rings is 1. The van der Waals surface area contributed by atoms with Gasteiger partial charge >= 0.3 is 0 Å². The number of nitrogens with one attached hydrogen (secondary N) is 1. The van der Waals surface area contributed by atoms with E-state index in [0.717, 1.165) is 25.9 Å². The Balaban J connectivity index is 1.66. The van der Waals surface area contributed by atoms with Crippen LogP contribution in [0.1, 0.15) is 19.3 Å². The minimum absolute atomic E-state index is 0.0472. The molecule has 0 atom stereocenters. The highest BCUT2D eigenvalue weighted by Gasteiger charge is 2.16.